The van der Waals surface area contributed by atoms with Crippen molar-refractivity contribution in [2.75, 3.05) is 27.4 Å². The Morgan fingerprint density at radius 2 is 2.33 bits per heavy atom. The molecule has 0 aliphatic heterocycles. The molecule has 1 fully saturated rings. The zero-order valence-electron chi connectivity index (χ0n) is 14.7. The molecule has 0 aromatic carbocycles. The average Bonchev–Trinajstić information content (AvgIpc) is 2.59. The third-order valence-electron chi connectivity index (χ3n) is 4.74. The Labute approximate surface area is 143 Å². The summed E-state index contributed by atoms with van der Waals surface area (Å²) in [6.07, 6.45) is 6.75. The van der Waals surface area contributed by atoms with Crippen molar-refractivity contribution in [3.8, 4) is 0 Å². The number of amides is 1. The summed E-state index contributed by atoms with van der Waals surface area (Å²) in [5.41, 5.74) is 7.16. The molecule has 1 aromatic rings. The van der Waals surface area contributed by atoms with Crippen LogP contribution in [0.2, 0.25) is 0 Å². The van der Waals surface area contributed by atoms with E-state index in [1.54, 1.807) is 26.5 Å². The number of nitrogens with one attached hydrogen (secondary N) is 1. The molecule has 132 valence electrons. The maximum absolute atomic E-state index is 11.5. The predicted octanol–water partition coefficient (Wildman–Crippen LogP) is 1.96. The molecule has 24 heavy (non-hydrogen) atoms. The van der Waals surface area contributed by atoms with Gasteiger partial charge in [-0.3, -0.25) is 9.78 Å². The second-order valence-electron chi connectivity index (χ2n) is 6.14. The number of pyridine rings is 1. The number of aromatic nitrogens is 1. The number of nitrogens with zero attached hydrogens (tertiary/aromatic N) is 1. The molecule has 3 N–H and O–H groups in total. The minimum atomic E-state index is -0.578. The van der Waals surface area contributed by atoms with Crippen LogP contribution in [-0.4, -0.2) is 38.3 Å². The molecule has 1 aromatic heterocycles. The number of rotatable bonds is 7. The molecular weight excluding hydrogens is 306 g/mol. The number of hydrogen-bond acceptors (Lipinski definition) is 5. The van der Waals surface area contributed by atoms with Crippen molar-refractivity contribution < 1.29 is 14.3 Å². The van der Waals surface area contributed by atoms with Gasteiger partial charge in [-0.25, -0.2) is 0 Å². The summed E-state index contributed by atoms with van der Waals surface area (Å²) in [5.74, 6) is -0.259. The lowest BCUT2D eigenvalue weighted by Gasteiger charge is -2.44. The Balaban J connectivity index is 2.43. The van der Waals surface area contributed by atoms with E-state index in [2.05, 4.69) is 17.2 Å². The molecule has 1 heterocycles. The molecule has 1 aliphatic rings. The van der Waals surface area contributed by atoms with Gasteiger partial charge < -0.3 is 20.5 Å². The van der Waals surface area contributed by atoms with Crippen LogP contribution in [0.1, 0.15) is 42.2 Å². The van der Waals surface area contributed by atoms with Crippen LogP contribution in [0.3, 0.4) is 0 Å². The maximum Gasteiger partial charge on any atom is 0.267 e. The van der Waals surface area contributed by atoms with Crippen LogP contribution in [0.5, 0.6) is 0 Å². The minimum absolute atomic E-state index is 0.258. The van der Waals surface area contributed by atoms with Crippen molar-refractivity contribution >= 4 is 5.91 Å². The first kappa shape index (κ1) is 18.4. The van der Waals surface area contributed by atoms with Crippen molar-refractivity contribution in [3.63, 3.8) is 0 Å². The number of hydrogen-bond donors (Lipinski definition) is 2. The van der Waals surface area contributed by atoms with Gasteiger partial charge in [0.25, 0.3) is 5.91 Å². The molecule has 0 bridgehead atoms. The maximum atomic E-state index is 11.5. The number of carbonyl (C=O) groups is 1. The fourth-order valence-electron chi connectivity index (χ4n) is 3.56. The quantitative estimate of drug-likeness (QED) is 0.745. The highest BCUT2D eigenvalue weighted by Gasteiger charge is 2.44. The first-order valence-corrected chi connectivity index (χ1v) is 8.29. The summed E-state index contributed by atoms with van der Waals surface area (Å²) in [7, 11) is 3.40. The number of carbonyl (C=O) groups excluding carboxylic acids is 1. The monoisotopic (exact) mass is 333 g/mol. The summed E-state index contributed by atoms with van der Waals surface area (Å²) in [6, 6.07) is 3.65. The zero-order valence-corrected chi connectivity index (χ0v) is 14.7. The van der Waals surface area contributed by atoms with Crippen molar-refractivity contribution in [2.45, 2.75) is 31.8 Å². The number of ether oxygens (including phenoxy) is 2. The molecule has 0 radical (unpaired) electrons. The Bertz CT molecular complexity index is 603. The van der Waals surface area contributed by atoms with E-state index in [4.69, 9.17) is 15.2 Å². The summed E-state index contributed by atoms with van der Waals surface area (Å²) in [5, 5.41) is 3.30. The highest BCUT2D eigenvalue weighted by atomic mass is 16.5. The lowest BCUT2D eigenvalue weighted by Crippen LogP contribution is -2.41. The summed E-state index contributed by atoms with van der Waals surface area (Å²) >= 11 is 0. The van der Waals surface area contributed by atoms with Crippen LogP contribution in [0.4, 0.5) is 0 Å². The molecule has 2 atom stereocenters. The van der Waals surface area contributed by atoms with Gasteiger partial charge in [-0.2, -0.15) is 0 Å². The lowest BCUT2D eigenvalue weighted by molar-refractivity contribution is -0.0434. The predicted molar refractivity (Wildman–Crippen MR) is 92.4 cm³/mol. The first-order chi connectivity index (χ1) is 11.6. The minimum Gasteiger partial charge on any atom is -0.389 e. The van der Waals surface area contributed by atoms with Gasteiger partial charge in [0.15, 0.2) is 0 Å². The van der Waals surface area contributed by atoms with E-state index < -0.39 is 11.5 Å². The van der Waals surface area contributed by atoms with Crippen LogP contribution in [0.15, 0.2) is 30.1 Å². The molecular formula is C18H27N3O3. The molecule has 6 heteroatoms. The Kier molecular flexibility index (Phi) is 6.34. The summed E-state index contributed by atoms with van der Waals surface area (Å²) in [4.78, 5) is 15.6. The normalized spacial score (nSPS) is 25.6. The van der Waals surface area contributed by atoms with Gasteiger partial charge in [-0.05, 0) is 54.6 Å². The van der Waals surface area contributed by atoms with Crippen LogP contribution >= 0.6 is 0 Å². The van der Waals surface area contributed by atoms with Gasteiger partial charge in [0.2, 0.25) is 0 Å². The number of primary amides is 1. The molecule has 0 spiro atoms. The number of nitrogens with two attached hydrogens (primary N) is 1. The second-order valence-corrected chi connectivity index (χ2v) is 6.14. The van der Waals surface area contributed by atoms with Gasteiger partial charge in [-0.1, -0.05) is 6.92 Å². The molecule has 1 aliphatic carbocycles. The van der Waals surface area contributed by atoms with E-state index in [1.807, 2.05) is 12.3 Å². The van der Waals surface area contributed by atoms with E-state index in [0.717, 1.165) is 31.4 Å². The molecule has 0 saturated heterocycles. The van der Waals surface area contributed by atoms with Crippen LogP contribution in [0.25, 0.3) is 0 Å². The SMILES string of the molecule is COCCN/C=C1\CCCC(C)C1(OC)c1ccnc(C(N)=O)c1. The molecule has 1 amide bonds. The Morgan fingerprint density at radius 1 is 1.54 bits per heavy atom. The van der Waals surface area contributed by atoms with Gasteiger partial charge >= 0.3 is 0 Å². The van der Waals surface area contributed by atoms with E-state index in [9.17, 15) is 4.79 Å². The van der Waals surface area contributed by atoms with E-state index in [0.29, 0.717) is 6.61 Å². The average molecular weight is 333 g/mol. The topological polar surface area (TPSA) is 86.5 Å². The zero-order chi connectivity index (χ0) is 17.6. The summed E-state index contributed by atoms with van der Waals surface area (Å²) < 4.78 is 11.1. The molecule has 1 saturated carbocycles. The van der Waals surface area contributed by atoms with Crippen LogP contribution < -0.4 is 11.1 Å². The van der Waals surface area contributed by atoms with Crippen LogP contribution in [0, 0.1) is 5.92 Å². The van der Waals surface area contributed by atoms with Crippen LogP contribution in [-0.2, 0) is 15.1 Å². The number of methoxy groups -OCH3 is 2. The largest absolute Gasteiger partial charge is 0.389 e. The first-order valence-electron chi connectivity index (χ1n) is 8.29. The Morgan fingerprint density at radius 3 is 3.00 bits per heavy atom. The van der Waals surface area contributed by atoms with Gasteiger partial charge in [0, 0.05) is 27.0 Å². The van der Waals surface area contributed by atoms with E-state index >= 15 is 0 Å². The third kappa shape index (κ3) is 3.60. The molecule has 6 nitrogen and oxygen atoms in total. The molecule has 2 unspecified atom stereocenters. The standard InChI is InChI=1S/C18H27N3O3/c1-13-5-4-6-15(12-20-9-10-23-2)18(13,24-3)14-7-8-21-16(11-14)17(19)22/h7-8,11-13,20H,4-6,9-10H2,1-3H3,(H2,19,22)/b15-12+. The van der Waals surface area contributed by atoms with Crippen molar-refractivity contribution in [3.05, 3.63) is 41.4 Å². The fraction of sp³-hybridized carbons (Fsp3) is 0.556. The fourth-order valence-corrected chi connectivity index (χ4v) is 3.56. The van der Waals surface area contributed by atoms with Crippen molar-refractivity contribution in [1.29, 1.82) is 0 Å². The highest BCUT2D eigenvalue weighted by Crippen LogP contribution is 2.47. The lowest BCUT2D eigenvalue weighted by atomic mass is 9.69. The smallest absolute Gasteiger partial charge is 0.267 e. The third-order valence-corrected chi connectivity index (χ3v) is 4.74. The van der Waals surface area contributed by atoms with Crippen molar-refractivity contribution in [2.24, 2.45) is 11.7 Å². The van der Waals surface area contributed by atoms with Gasteiger partial charge in [0.1, 0.15) is 11.3 Å². The molecule has 2 rings (SSSR count). The highest BCUT2D eigenvalue weighted by molar-refractivity contribution is 5.90. The van der Waals surface area contributed by atoms with E-state index in [-0.39, 0.29) is 11.6 Å². The van der Waals surface area contributed by atoms with Gasteiger partial charge in [0.05, 0.1) is 6.61 Å². The van der Waals surface area contributed by atoms with Gasteiger partial charge in [-0.15, -0.1) is 0 Å². The summed E-state index contributed by atoms with van der Waals surface area (Å²) in [6.45, 7) is 3.55. The van der Waals surface area contributed by atoms with Crippen molar-refractivity contribution in [1.82, 2.24) is 10.3 Å². The van der Waals surface area contributed by atoms with E-state index in [1.165, 1.54) is 5.57 Å². The second kappa shape index (κ2) is 8.26. The Hall–Kier alpha value is -1.92.